The van der Waals surface area contributed by atoms with E-state index in [9.17, 15) is 4.79 Å². The molecule has 0 radical (unpaired) electrons. The maximum absolute atomic E-state index is 13.3. The third-order valence-electron chi connectivity index (χ3n) is 6.20. The molecular weight excluding hydrogens is 362 g/mol. The number of ether oxygens (including phenoxy) is 1. The minimum atomic E-state index is -0.445. The van der Waals surface area contributed by atoms with Crippen molar-refractivity contribution in [3.8, 4) is 5.75 Å². The van der Waals surface area contributed by atoms with Crippen molar-refractivity contribution in [2.75, 3.05) is 13.7 Å². The van der Waals surface area contributed by atoms with Gasteiger partial charge in [-0.15, -0.1) is 0 Å². The summed E-state index contributed by atoms with van der Waals surface area (Å²) in [5.74, 6) is 1.96. The molecule has 0 aliphatic heterocycles. The Morgan fingerprint density at radius 1 is 1.17 bits per heavy atom. The van der Waals surface area contributed by atoms with Crippen LogP contribution in [0.1, 0.15) is 44.0 Å². The van der Waals surface area contributed by atoms with Crippen molar-refractivity contribution >= 4 is 16.9 Å². The molecule has 1 aliphatic carbocycles. The highest BCUT2D eigenvalue weighted by Crippen LogP contribution is 2.42. The second kappa shape index (κ2) is 8.27. The number of fused-ring (bicyclic) bond motifs is 1. The first-order chi connectivity index (χ1) is 14.2. The maximum Gasteiger partial charge on any atom is 0.230 e. The van der Waals surface area contributed by atoms with Crippen LogP contribution in [0.4, 0.5) is 0 Å². The quantitative estimate of drug-likeness (QED) is 0.656. The van der Waals surface area contributed by atoms with Gasteiger partial charge in [0.05, 0.1) is 23.6 Å². The standard InChI is InChI=1S/C24H29N3O2/c1-3-27-21-12-5-4-11-20(21)26-22(27)13-16-25-23(28)24(14-6-7-15-24)18-9-8-10-19(17-18)29-2/h4-5,8-12,17H,3,6-7,13-16H2,1-2H3,(H,25,28). The molecule has 3 aromatic rings. The second-order valence-electron chi connectivity index (χ2n) is 7.79. The van der Waals surface area contributed by atoms with Gasteiger partial charge in [0.25, 0.3) is 0 Å². The molecular formula is C24H29N3O2. The molecule has 5 nitrogen and oxygen atoms in total. The number of para-hydroxylation sites is 2. The first-order valence-corrected chi connectivity index (χ1v) is 10.5. The lowest BCUT2D eigenvalue weighted by atomic mass is 9.78. The topological polar surface area (TPSA) is 56.2 Å². The molecule has 4 rings (SSSR count). The number of aryl methyl sites for hydroxylation is 1. The normalized spacial score (nSPS) is 15.5. The molecule has 1 heterocycles. The lowest BCUT2D eigenvalue weighted by Crippen LogP contribution is -2.43. The number of methoxy groups -OCH3 is 1. The molecule has 0 unspecified atom stereocenters. The van der Waals surface area contributed by atoms with Gasteiger partial charge >= 0.3 is 0 Å². The Morgan fingerprint density at radius 2 is 1.97 bits per heavy atom. The van der Waals surface area contributed by atoms with E-state index in [0.717, 1.165) is 66.8 Å². The van der Waals surface area contributed by atoms with Crippen LogP contribution in [0.15, 0.2) is 48.5 Å². The zero-order chi connectivity index (χ0) is 20.3. The largest absolute Gasteiger partial charge is 0.497 e. The van der Waals surface area contributed by atoms with Crippen molar-refractivity contribution < 1.29 is 9.53 Å². The van der Waals surface area contributed by atoms with Crippen LogP contribution in [0.5, 0.6) is 5.75 Å². The number of benzene rings is 2. The fourth-order valence-electron chi connectivity index (χ4n) is 4.67. The van der Waals surface area contributed by atoms with Crippen molar-refractivity contribution in [3.05, 3.63) is 59.9 Å². The number of aromatic nitrogens is 2. The number of imidazole rings is 1. The number of rotatable bonds is 7. The molecule has 0 atom stereocenters. The van der Waals surface area contributed by atoms with Gasteiger partial charge in [-0.1, -0.05) is 37.1 Å². The number of nitrogens with one attached hydrogen (secondary N) is 1. The minimum absolute atomic E-state index is 0.127. The molecule has 5 heteroatoms. The predicted molar refractivity (Wildman–Crippen MR) is 115 cm³/mol. The average molecular weight is 392 g/mol. The predicted octanol–water partition coefficient (Wildman–Crippen LogP) is 4.24. The van der Waals surface area contributed by atoms with Crippen LogP contribution in [-0.2, 0) is 23.2 Å². The molecule has 2 aromatic carbocycles. The van der Waals surface area contributed by atoms with Gasteiger partial charge in [0, 0.05) is 19.5 Å². The summed E-state index contributed by atoms with van der Waals surface area (Å²) in [7, 11) is 1.67. The van der Waals surface area contributed by atoms with E-state index in [-0.39, 0.29) is 5.91 Å². The van der Waals surface area contributed by atoms with Crippen LogP contribution in [0.2, 0.25) is 0 Å². The average Bonchev–Trinajstić information content (AvgIpc) is 3.39. The van der Waals surface area contributed by atoms with Crippen LogP contribution in [0, 0.1) is 0 Å². The summed E-state index contributed by atoms with van der Waals surface area (Å²) in [6, 6.07) is 16.2. The van der Waals surface area contributed by atoms with E-state index in [0.29, 0.717) is 6.54 Å². The zero-order valence-electron chi connectivity index (χ0n) is 17.3. The highest BCUT2D eigenvalue weighted by Gasteiger charge is 2.42. The van der Waals surface area contributed by atoms with Gasteiger partial charge in [0.2, 0.25) is 5.91 Å². The van der Waals surface area contributed by atoms with Gasteiger partial charge in [0.1, 0.15) is 11.6 Å². The summed E-state index contributed by atoms with van der Waals surface area (Å²) in [6.45, 7) is 3.60. The van der Waals surface area contributed by atoms with Crippen LogP contribution >= 0.6 is 0 Å². The molecule has 1 fully saturated rings. The first kappa shape index (κ1) is 19.5. The molecule has 1 aliphatic rings. The highest BCUT2D eigenvalue weighted by atomic mass is 16.5. The summed E-state index contributed by atoms with van der Waals surface area (Å²) in [5, 5.41) is 3.21. The van der Waals surface area contributed by atoms with Crippen LogP contribution in [0.25, 0.3) is 11.0 Å². The van der Waals surface area contributed by atoms with Crippen LogP contribution in [-0.4, -0.2) is 29.1 Å². The van der Waals surface area contributed by atoms with E-state index in [1.807, 2.05) is 36.4 Å². The van der Waals surface area contributed by atoms with Gasteiger partial charge in [-0.3, -0.25) is 4.79 Å². The number of hydrogen-bond donors (Lipinski definition) is 1. The Hall–Kier alpha value is -2.82. The molecule has 0 bridgehead atoms. The summed E-state index contributed by atoms with van der Waals surface area (Å²) in [4.78, 5) is 18.1. The monoisotopic (exact) mass is 391 g/mol. The number of carbonyl (C=O) groups is 1. The third kappa shape index (κ3) is 3.61. The summed E-state index contributed by atoms with van der Waals surface area (Å²) >= 11 is 0. The summed E-state index contributed by atoms with van der Waals surface area (Å²) < 4.78 is 7.62. The Balaban J connectivity index is 1.50. The van der Waals surface area contributed by atoms with Crippen LogP contribution < -0.4 is 10.1 Å². The van der Waals surface area contributed by atoms with Gasteiger partial charge in [-0.25, -0.2) is 4.98 Å². The summed E-state index contributed by atoms with van der Waals surface area (Å²) in [6.07, 6.45) is 4.66. The van der Waals surface area contributed by atoms with Gasteiger partial charge in [-0.05, 0) is 49.6 Å². The fourth-order valence-corrected chi connectivity index (χ4v) is 4.67. The van der Waals surface area contributed by atoms with E-state index in [1.165, 1.54) is 0 Å². The molecule has 1 N–H and O–H groups in total. The number of amides is 1. The minimum Gasteiger partial charge on any atom is -0.497 e. The Kier molecular flexibility index (Phi) is 5.56. The Morgan fingerprint density at radius 3 is 2.72 bits per heavy atom. The third-order valence-corrected chi connectivity index (χ3v) is 6.20. The molecule has 152 valence electrons. The molecule has 1 amide bonds. The lowest BCUT2D eigenvalue weighted by molar-refractivity contribution is -0.126. The molecule has 0 saturated heterocycles. The maximum atomic E-state index is 13.3. The SMILES string of the molecule is CCn1c(CCNC(=O)C2(c3cccc(OC)c3)CCCC2)nc2ccccc21. The number of carbonyl (C=O) groups excluding carboxylic acids is 1. The fraction of sp³-hybridized carbons (Fsp3) is 0.417. The first-order valence-electron chi connectivity index (χ1n) is 10.5. The van der Waals surface area contributed by atoms with Gasteiger partial charge in [0.15, 0.2) is 0 Å². The summed E-state index contributed by atoms with van der Waals surface area (Å²) in [5.41, 5.74) is 2.78. The zero-order valence-corrected chi connectivity index (χ0v) is 17.3. The highest BCUT2D eigenvalue weighted by molar-refractivity contribution is 5.88. The molecule has 0 spiro atoms. The van der Waals surface area contributed by atoms with E-state index in [2.05, 4.69) is 28.9 Å². The van der Waals surface area contributed by atoms with E-state index in [4.69, 9.17) is 9.72 Å². The van der Waals surface area contributed by atoms with Crippen molar-refractivity contribution in [2.45, 2.75) is 51.0 Å². The molecule has 29 heavy (non-hydrogen) atoms. The molecule has 1 aromatic heterocycles. The van der Waals surface area contributed by atoms with E-state index >= 15 is 0 Å². The second-order valence-corrected chi connectivity index (χ2v) is 7.79. The molecule has 1 saturated carbocycles. The van der Waals surface area contributed by atoms with Crippen molar-refractivity contribution in [2.24, 2.45) is 0 Å². The van der Waals surface area contributed by atoms with E-state index < -0.39 is 5.41 Å². The van der Waals surface area contributed by atoms with Crippen molar-refractivity contribution in [3.63, 3.8) is 0 Å². The number of hydrogen-bond acceptors (Lipinski definition) is 3. The number of nitrogens with zero attached hydrogens (tertiary/aromatic N) is 2. The van der Waals surface area contributed by atoms with E-state index in [1.54, 1.807) is 7.11 Å². The van der Waals surface area contributed by atoms with Crippen molar-refractivity contribution in [1.29, 1.82) is 0 Å². The Labute approximate surface area is 172 Å². The lowest BCUT2D eigenvalue weighted by Gasteiger charge is -2.28. The Bertz CT molecular complexity index is 1000. The smallest absolute Gasteiger partial charge is 0.230 e. The van der Waals surface area contributed by atoms with Gasteiger partial charge in [-0.2, -0.15) is 0 Å². The van der Waals surface area contributed by atoms with Crippen LogP contribution in [0.3, 0.4) is 0 Å². The van der Waals surface area contributed by atoms with Gasteiger partial charge < -0.3 is 14.6 Å². The van der Waals surface area contributed by atoms with Crippen molar-refractivity contribution in [1.82, 2.24) is 14.9 Å².